The van der Waals surface area contributed by atoms with E-state index in [-0.39, 0.29) is 16.9 Å². The van der Waals surface area contributed by atoms with Crippen molar-refractivity contribution in [2.75, 3.05) is 13.7 Å². The van der Waals surface area contributed by atoms with Gasteiger partial charge < -0.3 is 20.7 Å². The van der Waals surface area contributed by atoms with Gasteiger partial charge in [-0.15, -0.1) is 0 Å². The Hall–Kier alpha value is -1.42. The predicted molar refractivity (Wildman–Crippen MR) is 56.3 cm³/mol. The molecule has 0 aromatic heterocycles. The van der Waals surface area contributed by atoms with Gasteiger partial charge in [0.1, 0.15) is 0 Å². The molecule has 4 nitrogen and oxygen atoms in total. The van der Waals surface area contributed by atoms with Crippen molar-refractivity contribution in [1.29, 1.82) is 0 Å². The average Bonchev–Trinajstić information content (AvgIpc) is 3.02. The number of hydrogen-bond acceptors (Lipinski definition) is 4. The minimum Gasteiger partial charge on any atom is -0.504 e. The molecular formula is C11H15NO3. The van der Waals surface area contributed by atoms with Crippen molar-refractivity contribution in [3.8, 4) is 17.2 Å². The fourth-order valence-corrected chi connectivity index (χ4v) is 1.82. The third kappa shape index (κ3) is 1.51. The van der Waals surface area contributed by atoms with Gasteiger partial charge >= 0.3 is 0 Å². The standard InChI is InChI=1S/C11H15NO3/c1-15-9-5-7(4-8(13)10(9)14)11(6-12)2-3-11/h4-5,13-14H,2-3,6,12H2,1H3. The number of methoxy groups -OCH3 is 1. The molecule has 2 rings (SSSR count). The number of nitrogens with two attached hydrogens (primary N) is 1. The van der Waals surface area contributed by atoms with Crippen molar-refractivity contribution < 1.29 is 14.9 Å². The first kappa shape index (κ1) is 10.1. The van der Waals surface area contributed by atoms with Gasteiger partial charge in [0.25, 0.3) is 0 Å². The van der Waals surface area contributed by atoms with E-state index in [4.69, 9.17) is 10.5 Å². The molecule has 1 saturated carbocycles. The number of phenols is 2. The van der Waals surface area contributed by atoms with Crippen molar-refractivity contribution in [3.05, 3.63) is 17.7 Å². The van der Waals surface area contributed by atoms with Crippen molar-refractivity contribution >= 4 is 0 Å². The topological polar surface area (TPSA) is 75.7 Å². The molecule has 0 atom stereocenters. The number of ether oxygens (including phenoxy) is 1. The largest absolute Gasteiger partial charge is 0.504 e. The van der Waals surface area contributed by atoms with Gasteiger partial charge in [0, 0.05) is 12.0 Å². The SMILES string of the molecule is COc1cc(C2(CN)CC2)cc(O)c1O. The summed E-state index contributed by atoms with van der Waals surface area (Å²) in [6, 6.07) is 3.31. The van der Waals surface area contributed by atoms with Crippen LogP contribution in [0.25, 0.3) is 0 Å². The minimum absolute atomic E-state index is 0.0154. The monoisotopic (exact) mass is 209 g/mol. The Labute approximate surface area is 88.3 Å². The maximum absolute atomic E-state index is 9.53. The summed E-state index contributed by atoms with van der Waals surface area (Å²) < 4.78 is 4.98. The molecule has 4 heteroatoms. The summed E-state index contributed by atoms with van der Waals surface area (Å²) in [5.74, 6) is -0.0668. The van der Waals surface area contributed by atoms with Crippen LogP contribution in [0.4, 0.5) is 0 Å². The van der Waals surface area contributed by atoms with E-state index in [0.717, 1.165) is 18.4 Å². The molecule has 1 aliphatic rings. The van der Waals surface area contributed by atoms with E-state index in [0.29, 0.717) is 12.3 Å². The molecular weight excluding hydrogens is 194 g/mol. The number of hydrogen-bond donors (Lipinski definition) is 3. The third-order valence-corrected chi connectivity index (χ3v) is 3.13. The fourth-order valence-electron chi connectivity index (χ4n) is 1.82. The molecule has 1 aromatic rings. The zero-order chi connectivity index (χ0) is 11.1. The molecule has 0 amide bonds. The van der Waals surface area contributed by atoms with Gasteiger partial charge in [0.15, 0.2) is 11.5 Å². The Balaban J connectivity index is 2.46. The van der Waals surface area contributed by atoms with Gasteiger partial charge in [0.2, 0.25) is 5.75 Å². The number of aromatic hydroxyl groups is 2. The Kier molecular flexibility index (Phi) is 2.23. The van der Waals surface area contributed by atoms with Crippen LogP contribution in [0, 0.1) is 0 Å². The molecule has 0 saturated heterocycles. The first-order valence-electron chi connectivity index (χ1n) is 4.93. The molecule has 1 fully saturated rings. The number of phenolic OH excluding ortho intramolecular Hbond substituents is 2. The lowest BCUT2D eigenvalue weighted by Crippen LogP contribution is -2.19. The molecule has 4 N–H and O–H groups in total. The molecule has 0 bridgehead atoms. The highest BCUT2D eigenvalue weighted by Gasteiger charge is 2.43. The Morgan fingerprint density at radius 1 is 1.40 bits per heavy atom. The van der Waals surface area contributed by atoms with Crippen LogP contribution in [0.3, 0.4) is 0 Å². The van der Waals surface area contributed by atoms with Gasteiger partial charge in [-0.2, -0.15) is 0 Å². The zero-order valence-electron chi connectivity index (χ0n) is 8.66. The van der Waals surface area contributed by atoms with Crippen LogP contribution in [-0.4, -0.2) is 23.9 Å². The van der Waals surface area contributed by atoms with Crippen molar-refractivity contribution in [3.63, 3.8) is 0 Å². The second kappa shape index (κ2) is 3.31. The van der Waals surface area contributed by atoms with Gasteiger partial charge in [-0.3, -0.25) is 0 Å². The first-order valence-corrected chi connectivity index (χ1v) is 4.93. The molecule has 82 valence electrons. The molecule has 0 unspecified atom stereocenters. The summed E-state index contributed by atoms with van der Waals surface area (Å²) in [7, 11) is 1.46. The molecule has 15 heavy (non-hydrogen) atoms. The van der Waals surface area contributed by atoms with Crippen LogP contribution >= 0.6 is 0 Å². The molecule has 1 aliphatic carbocycles. The summed E-state index contributed by atoms with van der Waals surface area (Å²) >= 11 is 0. The number of benzene rings is 1. The van der Waals surface area contributed by atoms with E-state index in [1.807, 2.05) is 0 Å². The van der Waals surface area contributed by atoms with Gasteiger partial charge in [-0.1, -0.05) is 0 Å². The van der Waals surface area contributed by atoms with E-state index < -0.39 is 0 Å². The van der Waals surface area contributed by atoms with Crippen molar-refractivity contribution in [1.82, 2.24) is 0 Å². The van der Waals surface area contributed by atoms with E-state index in [9.17, 15) is 10.2 Å². The van der Waals surface area contributed by atoms with E-state index in [1.165, 1.54) is 7.11 Å². The van der Waals surface area contributed by atoms with E-state index >= 15 is 0 Å². The minimum atomic E-state index is -0.214. The lowest BCUT2D eigenvalue weighted by Gasteiger charge is -2.15. The van der Waals surface area contributed by atoms with Crippen LogP contribution in [-0.2, 0) is 5.41 Å². The normalized spacial score (nSPS) is 17.5. The highest BCUT2D eigenvalue weighted by Crippen LogP contribution is 2.50. The third-order valence-electron chi connectivity index (χ3n) is 3.13. The highest BCUT2D eigenvalue weighted by atomic mass is 16.5. The predicted octanol–water partition coefficient (Wildman–Crippen LogP) is 1.10. The molecule has 0 radical (unpaired) electrons. The highest BCUT2D eigenvalue weighted by molar-refractivity contribution is 5.54. The smallest absolute Gasteiger partial charge is 0.200 e. The summed E-state index contributed by atoms with van der Waals surface area (Å²) in [5, 5.41) is 19.0. The summed E-state index contributed by atoms with van der Waals surface area (Å²) in [6.07, 6.45) is 2.05. The Morgan fingerprint density at radius 3 is 2.53 bits per heavy atom. The number of rotatable bonds is 3. The quantitative estimate of drug-likeness (QED) is 0.651. The maximum atomic E-state index is 9.53. The van der Waals surface area contributed by atoms with Crippen LogP contribution in [0.5, 0.6) is 17.2 Å². The maximum Gasteiger partial charge on any atom is 0.200 e. The van der Waals surface area contributed by atoms with E-state index in [2.05, 4.69) is 0 Å². The van der Waals surface area contributed by atoms with Crippen molar-refractivity contribution in [2.24, 2.45) is 5.73 Å². The van der Waals surface area contributed by atoms with Crippen LogP contribution < -0.4 is 10.5 Å². The van der Waals surface area contributed by atoms with Gasteiger partial charge in [0.05, 0.1) is 7.11 Å². The van der Waals surface area contributed by atoms with Gasteiger partial charge in [-0.25, -0.2) is 0 Å². The van der Waals surface area contributed by atoms with Crippen LogP contribution in [0.1, 0.15) is 18.4 Å². The summed E-state index contributed by atoms with van der Waals surface area (Å²) in [5.41, 5.74) is 6.62. The molecule has 0 heterocycles. The van der Waals surface area contributed by atoms with Gasteiger partial charge in [-0.05, 0) is 30.5 Å². The summed E-state index contributed by atoms with van der Waals surface area (Å²) in [6.45, 7) is 0.556. The zero-order valence-corrected chi connectivity index (χ0v) is 8.66. The Bertz CT molecular complexity index is 386. The second-order valence-corrected chi connectivity index (χ2v) is 4.03. The molecule has 0 aliphatic heterocycles. The lowest BCUT2D eigenvalue weighted by molar-refractivity contribution is 0.349. The Morgan fingerprint density at radius 2 is 2.07 bits per heavy atom. The second-order valence-electron chi connectivity index (χ2n) is 4.03. The van der Waals surface area contributed by atoms with Crippen LogP contribution in [0.15, 0.2) is 12.1 Å². The average molecular weight is 209 g/mol. The van der Waals surface area contributed by atoms with Crippen molar-refractivity contribution in [2.45, 2.75) is 18.3 Å². The lowest BCUT2D eigenvalue weighted by atomic mass is 9.95. The molecule has 0 spiro atoms. The van der Waals surface area contributed by atoms with Crippen LogP contribution in [0.2, 0.25) is 0 Å². The fraction of sp³-hybridized carbons (Fsp3) is 0.455. The molecule has 1 aromatic carbocycles. The first-order chi connectivity index (χ1) is 7.13. The van der Waals surface area contributed by atoms with E-state index in [1.54, 1.807) is 12.1 Å². The summed E-state index contributed by atoms with van der Waals surface area (Å²) in [4.78, 5) is 0.